The average molecular weight is 435 g/mol. The largest absolute Gasteiger partial charge is 0.312 e. The molecule has 1 amide bonds. The highest BCUT2D eigenvalue weighted by atomic mass is 35.5. The number of benzene rings is 2. The van der Waals surface area contributed by atoms with Crippen molar-refractivity contribution in [2.45, 2.75) is 25.8 Å². The molecular formula is C20H20Cl2N4OS. The van der Waals surface area contributed by atoms with Crippen molar-refractivity contribution in [3.8, 4) is 0 Å². The summed E-state index contributed by atoms with van der Waals surface area (Å²) in [6, 6.07) is 13.6. The molecule has 3 aromatic rings. The van der Waals surface area contributed by atoms with Crippen molar-refractivity contribution in [3.05, 3.63) is 74.7 Å². The summed E-state index contributed by atoms with van der Waals surface area (Å²) in [5, 5.41) is 16.6. The first kappa shape index (κ1) is 20.7. The molecule has 0 atom stereocenters. The van der Waals surface area contributed by atoms with Gasteiger partial charge in [-0.1, -0.05) is 47.2 Å². The molecule has 4 rings (SSSR count). The molecule has 1 aliphatic rings. The molecule has 1 aliphatic heterocycles. The second-order valence-corrected chi connectivity index (χ2v) is 7.93. The fraction of sp³-hybridized carbons (Fsp3) is 0.250. The molecule has 0 saturated carbocycles. The van der Waals surface area contributed by atoms with Gasteiger partial charge in [0.1, 0.15) is 5.01 Å². The van der Waals surface area contributed by atoms with Crippen molar-refractivity contribution in [1.82, 2.24) is 15.5 Å². The number of amides is 1. The summed E-state index contributed by atoms with van der Waals surface area (Å²) >= 11 is 7.59. The Kier molecular flexibility index (Phi) is 7.02. The van der Waals surface area contributed by atoms with Gasteiger partial charge in [0.05, 0.1) is 0 Å². The number of rotatable bonds is 5. The maximum atomic E-state index is 12.5. The van der Waals surface area contributed by atoms with Crippen molar-refractivity contribution in [2.24, 2.45) is 0 Å². The Labute approximate surface area is 178 Å². The van der Waals surface area contributed by atoms with E-state index in [0.29, 0.717) is 10.7 Å². The number of halogens is 2. The molecule has 0 spiro atoms. The number of hydrogen-bond acceptors (Lipinski definition) is 5. The summed E-state index contributed by atoms with van der Waals surface area (Å²) in [7, 11) is 0. The van der Waals surface area contributed by atoms with E-state index in [1.165, 1.54) is 22.5 Å². The molecule has 0 aliphatic carbocycles. The standard InChI is InChI=1S/C20H19ClN4OS.ClH/c21-17-4-2-1-3-13(17)7-8-18-24-25-20(27-18)23-19(26)15-5-6-16-12-22-10-9-14(16)11-15;/h1-6,11,22H,7-10,12H2,(H,23,25,26);1H. The molecule has 2 aromatic carbocycles. The predicted octanol–water partition coefficient (Wildman–Crippen LogP) is 4.30. The van der Waals surface area contributed by atoms with Crippen molar-refractivity contribution in [1.29, 1.82) is 0 Å². The van der Waals surface area contributed by atoms with Crippen LogP contribution in [-0.2, 0) is 25.8 Å². The highest BCUT2D eigenvalue weighted by Crippen LogP contribution is 2.22. The van der Waals surface area contributed by atoms with E-state index in [1.54, 1.807) is 0 Å². The van der Waals surface area contributed by atoms with Gasteiger partial charge in [0.2, 0.25) is 5.13 Å². The average Bonchev–Trinajstić information content (AvgIpc) is 3.14. The number of anilines is 1. The maximum absolute atomic E-state index is 12.5. The molecule has 0 unspecified atom stereocenters. The van der Waals surface area contributed by atoms with Crippen LogP contribution in [0.3, 0.4) is 0 Å². The summed E-state index contributed by atoms with van der Waals surface area (Å²) in [6.45, 7) is 1.81. The molecule has 0 saturated heterocycles. The van der Waals surface area contributed by atoms with Gasteiger partial charge in [-0.3, -0.25) is 10.1 Å². The van der Waals surface area contributed by atoms with E-state index >= 15 is 0 Å². The lowest BCUT2D eigenvalue weighted by molar-refractivity contribution is 0.102. The zero-order chi connectivity index (χ0) is 18.6. The van der Waals surface area contributed by atoms with Crippen molar-refractivity contribution in [2.75, 3.05) is 11.9 Å². The van der Waals surface area contributed by atoms with Crippen LogP contribution in [0.2, 0.25) is 5.02 Å². The molecule has 0 bridgehead atoms. The van der Waals surface area contributed by atoms with Crippen LogP contribution in [0, 0.1) is 0 Å². The molecule has 28 heavy (non-hydrogen) atoms. The Balaban J connectivity index is 0.00000225. The summed E-state index contributed by atoms with van der Waals surface area (Å²) < 4.78 is 0. The second kappa shape index (κ2) is 9.47. The summed E-state index contributed by atoms with van der Waals surface area (Å²) in [5.41, 5.74) is 4.24. The number of hydrogen-bond donors (Lipinski definition) is 2. The van der Waals surface area contributed by atoms with E-state index in [1.807, 2.05) is 42.5 Å². The normalized spacial score (nSPS) is 12.8. The van der Waals surface area contributed by atoms with Gasteiger partial charge in [0.25, 0.3) is 5.91 Å². The third-order valence-electron chi connectivity index (χ3n) is 4.61. The van der Waals surface area contributed by atoms with Gasteiger partial charge in [0.15, 0.2) is 0 Å². The minimum absolute atomic E-state index is 0. The summed E-state index contributed by atoms with van der Waals surface area (Å²) in [4.78, 5) is 12.5. The molecule has 2 heterocycles. The number of nitrogens with zero attached hydrogens (tertiary/aromatic N) is 2. The lowest BCUT2D eigenvalue weighted by Gasteiger charge is -2.17. The Bertz CT molecular complexity index is 976. The summed E-state index contributed by atoms with van der Waals surface area (Å²) in [5.74, 6) is -0.148. The molecule has 8 heteroatoms. The van der Waals surface area contributed by atoms with Crippen LogP contribution in [0.4, 0.5) is 5.13 Å². The SMILES string of the molecule is Cl.O=C(Nc1nnc(CCc2ccccc2Cl)s1)c1ccc2c(c1)CCNC2. The Hall–Kier alpha value is -1.99. The second-order valence-electron chi connectivity index (χ2n) is 6.46. The number of carbonyl (C=O) groups is 1. The molecule has 1 aromatic heterocycles. The van der Waals surface area contributed by atoms with Crippen LogP contribution in [-0.4, -0.2) is 22.6 Å². The van der Waals surface area contributed by atoms with E-state index in [0.717, 1.165) is 47.9 Å². The van der Waals surface area contributed by atoms with Gasteiger partial charge in [-0.2, -0.15) is 0 Å². The van der Waals surface area contributed by atoms with Gasteiger partial charge in [-0.15, -0.1) is 22.6 Å². The fourth-order valence-electron chi connectivity index (χ4n) is 3.14. The molecule has 0 radical (unpaired) electrons. The van der Waals surface area contributed by atoms with Gasteiger partial charge in [-0.05, 0) is 54.3 Å². The van der Waals surface area contributed by atoms with Crippen molar-refractivity contribution in [3.63, 3.8) is 0 Å². The van der Waals surface area contributed by atoms with E-state index in [9.17, 15) is 4.79 Å². The van der Waals surface area contributed by atoms with Crippen LogP contribution < -0.4 is 10.6 Å². The zero-order valence-electron chi connectivity index (χ0n) is 15.1. The van der Waals surface area contributed by atoms with Gasteiger partial charge in [0, 0.05) is 23.6 Å². The van der Waals surface area contributed by atoms with Crippen molar-refractivity contribution < 1.29 is 4.79 Å². The third kappa shape index (κ3) is 4.89. The van der Waals surface area contributed by atoms with E-state index < -0.39 is 0 Å². The van der Waals surface area contributed by atoms with Crippen LogP contribution in [0.15, 0.2) is 42.5 Å². The number of aromatic nitrogens is 2. The molecular weight excluding hydrogens is 415 g/mol. The van der Waals surface area contributed by atoms with E-state index in [4.69, 9.17) is 11.6 Å². The summed E-state index contributed by atoms with van der Waals surface area (Å²) in [6.07, 6.45) is 2.48. The van der Waals surface area contributed by atoms with Gasteiger partial charge >= 0.3 is 0 Å². The van der Waals surface area contributed by atoms with Crippen molar-refractivity contribution >= 4 is 46.4 Å². The molecule has 146 valence electrons. The van der Waals surface area contributed by atoms with Gasteiger partial charge in [-0.25, -0.2) is 0 Å². The topological polar surface area (TPSA) is 66.9 Å². The first-order valence-electron chi connectivity index (χ1n) is 8.89. The van der Waals surface area contributed by atoms with Crippen LogP contribution in [0.1, 0.15) is 32.1 Å². The number of aryl methyl sites for hydroxylation is 2. The highest BCUT2D eigenvalue weighted by Gasteiger charge is 2.14. The van der Waals surface area contributed by atoms with Crippen LogP contribution >= 0.6 is 35.3 Å². The molecule has 2 N–H and O–H groups in total. The molecule has 5 nitrogen and oxygen atoms in total. The lowest BCUT2D eigenvalue weighted by Crippen LogP contribution is -2.24. The highest BCUT2D eigenvalue weighted by molar-refractivity contribution is 7.15. The number of carbonyl (C=O) groups excluding carboxylic acids is 1. The number of fused-ring (bicyclic) bond motifs is 1. The monoisotopic (exact) mass is 434 g/mol. The quantitative estimate of drug-likeness (QED) is 0.627. The smallest absolute Gasteiger partial charge is 0.257 e. The lowest BCUT2D eigenvalue weighted by atomic mass is 9.98. The minimum Gasteiger partial charge on any atom is -0.312 e. The minimum atomic E-state index is -0.148. The van der Waals surface area contributed by atoms with E-state index in [-0.39, 0.29) is 18.3 Å². The zero-order valence-corrected chi connectivity index (χ0v) is 17.5. The maximum Gasteiger partial charge on any atom is 0.257 e. The molecule has 0 fully saturated rings. The third-order valence-corrected chi connectivity index (χ3v) is 5.88. The fourth-order valence-corrected chi connectivity index (χ4v) is 4.10. The van der Waals surface area contributed by atoms with Crippen LogP contribution in [0.5, 0.6) is 0 Å². The van der Waals surface area contributed by atoms with Gasteiger partial charge < -0.3 is 5.32 Å². The Morgan fingerprint density at radius 1 is 1.14 bits per heavy atom. The Morgan fingerprint density at radius 2 is 2.00 bits per heavy atom. The van der Waals surface area contributed by atoms with Crippen LogP contribution in [0.25, 0.3) is 0 Å². The first-order chi connectivity index (χ1) is 13.2. The predicted molar refractivity (Wildman–Crippen MR) is 116 cm³/mol. The van der Waals surface area contributed by atoms with E-state index in [2.05, 4.69) is 20.8 Å². The first-order valence-corrected chi connectivity index (χ1v) is 10.1. The Morgan fingerprint density at radius 3 is 2.86 bits per heavy atom. The number of nitrogens with one attached hydrogen (secondary N) is 2.